The second kappa shape index (κ2) is 5.70. The fraction of sp³-hybridized carbons (Fsp3) is 0.316. The van der Waals surface area contributed by atoms with Crippen molar-refractivity contribution in [2.24, 2.45) is 0 Å². The summed E-state index contributed by atoms with van der Waals surface area (Å²) in [5, 5.41) is 16.1. The number of benzene rings is 2. The Bertz CT molecular complexity index is 716. The summed E-state index contributed by atoms with van der Waals surface area (Å²) in [6.07, 6.45) is 1.01. The zero-order valence-corrected chi connectivity index (χ0v) is 12.8. The maximum atomic E-state index is 12.2. The number of carbonyl (C=O) groups excluding carboxylic acids is 1. The van der Waals surface area contributed by atoms with Gasteiger partial charge in [-0.2, -0.15) is 0 Å². The van der Waals surface area contributed by atoms with E-state index in [4.69, 9.17) is 0 Å². The van der Waals surface area contributed by atoms with Gasteiger partial charge in [-0.25, -0.2) is 4.79 Å². The predicted octanol–water partition coefficient (Wildman–Crippen LogP) is 2.50. The molecule has 1 fully saturated rings. The summed E-state index contributed by atoms with van der Waals surface area (Å²) in [4.78, 5) is 12.2. The van der Waals surface area contributed by atoms with E-state index in [0.717, 1.165) is 17.5 Å². The van der Waals surface area contributed by atoms with Gasteiger partial charge in [0.2, 0.25) is 0 Å². The average molecular weight is 308 g/mol. The number of urea groups is 1. The standard InChI is InChI=1S/C19H20N2O2/c22-17-10-13-8-4-5-9-14(13)18(17)21-19(23)20-16-11-15(16)12-6-2-1-3-7-12/h1-9,15-18,22H,10-11H2,(H2,20,21,23)/t15?,16?,17-,18+/m0/s1. The fourth-order valence-electron chi connectivity index (χ4n) is 3.52. The van der Waals surface area contributed by atoms with E-state index in [1.807, 2.05) is 42.5 Å². The van der Waals surface area contributed by atoms with Crippen molar-refractivity contribution in [3.05, 3.63) is 71.3 Å². The van der Waals surface area contributed by atoms with Gasteiger partial charge < -0.3 is 15.7 Å². The second-order valence-corrected chi connectivity index (χ2v) is 6.43. The highest BCUT2D eigenvalue weighted by Gasteiger charge is 2.40. The van der Waals surface area contributed by atoms with Crippen LogP contribution >= 0.6 is 0 Å². The van der Waals surface area contributed by atoms with Crippen molar-refractivity contribution in [3.63, 3.8) is 0 Å². The smallest absolute Gasteiger partial charge is 0.315 e. The van der Waals surface area contributed by atoms with Gasteiger partial charge in [-0.15, -0.1) is 0 Å². The summed E-state index contributed by atoms with van der Waals surface area (Å²) in [6, 6.07) is 17.8. The van der Waals surface area contributed by atoms with Crippen molar-refractivity contribution in [1.29, 1.82) is 0 Å². The third-order valence-corrected chi connectivity index (χ3v) is 4.83. The van der Waals surface area contributed by atoms with Gasteiger partial charge in [0, 0.05) is 18.4 Å². The molecule has 2 aromatic rings. The molecule has 0 aliphatic heterocycles. The molecule has 23 heavy (non-hydrogen) atoms. The van der Waals surface area contributed by atoms with Gasteiger partial charge in [0.25, 0.3) is 0 Å². The van der Waals surface area contributed by atoms with Crippen molar-refractivity contribution in [2.75, 3.05) is 0 Å². The molecule has 2 aliphatic rings. The number of aliphatic hydroxyl groups excluding tert-OH is 1. The quantitative estimate of drug-likeness (QED) is 0.816. The Morgan fingerprint density at radius 2 is 1.74 bits per heavy atom. The molecule has 1 saturated carbocycles. The topological polar surface area (TPSA) is 61.4 Å². The van der Waals surface area contributed by atoms with E-state index in [2.05, 4.69) is 22.8 Å². The van der Waals surface area contributed by atoms with Gasteiger partial charge >= 0.3 is 6.03 Å². The molecular weight excluding hydrogens is 288 g/mol. The molecule has 2 amide bonds. The minimum atomic E-state index is -0.553. The number of hydrogen-bond acceptors (Lipinski definition) is 2. The number of rotatable bonds is 3. The zero-order valence-electron chi connectivity index (χ0n) is 12.8. The number of hydrogen-bond donors (Lipinski definition) is 3. The molecular formula is C19H20N2O2. The summed E-state index contributed by atoms with van der Waals surface area (Å²) in [5.74, 6) is 0.405. The van der Waals surface area contributed by atoms with Crippen molar-refractivity contribution in [2.45, 2.75) is 36.9 Å². The number of amides is 2. The third kappa shape index (κ3) is 2.82. The van der Waals surface area contributed by atoms with Crippen molar-refractivity contribution in [1.82, 2.24) is 10.6 Å². The maximum Gasteiger partial charge on any atom is 0.315 e. The molecule has 0 bridgehead atoms. The minimum absolute atomic E-state index is 0.186. The maximum absolute atomic E-state index is 12.2. The Labute approximate surface area is 135 Å². The number of fused-ring (bicyclic) bond motifs is 1. The van der Waals surface area contributed by atoms with Crippen molar-refractivity contribution >= 4 is 6.03 Å². The molecule has 0 spiro atoms. The first-order valence-electron chi connectivity index (χ1n) is 8.10. The average Bonchev–Trinajstić information content (AvgIpc) is 3.26. The fourth-order valence-corrected chi connectivity index (χ4v) is 3.52. The van der Waals surface area contributed by atoms with E-state index in [1.165, 1.54) is 5.56 Å². The number of aliphatic hydroxyl groups is 1. The largest absolute Gasteiger partial charge is 0.390 e. The highest BCUT2D eigenvalue weighted by molar-refractivity contribution is 5.76. The molecule has 118 valence electrons. The van der Waals surface area contributed by atoms with Crippen LogP contribution in [-0.2, 0) is 6.42 Å². The van der Waals surface area contributed by atoms with Crippen LogP contribution in [0.3, 0.4) is 0 Å². The molecule has 0 saturated heterocycles. The zero-order chi connectivity index (χ0) is 15.8. The van der Waals surface area contributed by atoms with Gasteiger partial charge in [-0.3, -0.25) is 0 Å². The Morgan fingerprint density at radius 1 is 1.00 bits per heavy atom. The van der Waals surface area contributed by atoms with Crippen LogP contribution in [-0.4, -0.2) is 23.3 Å². The van der Waals surface area contributed by atoms with Gasteiger partial charge in [0.1, 0.15) is 0 Å². The predicted molar refractivity (Wildman–Crippen MR) is 88.1 cm³/mol. The van der Waals surface area contributed by atoms with Gasteiger partial charge in [0.15, 0.2) is 0 Å². The number of nitrogens with one attached hydrogen (secondary N) is 2. The van der Waals surface area contributed by atoms with Crippen LogP contribution in [0.4, 0.5) is 4.79 Å². The molecule has 4 atom stereocenters. The first kappa shape index (κ1) is 14.3. The lowest BCUT2D eigenvalue weighted by Crippen LogP contribution is -2.42. The molecule has 0 radical (unpaired) electrons. The van der Waals surface area contributed by atoms with E-state index in [-0.39, 0.29) is 18.1 Å². The summed E-state index contributed by atoms with van der Waals surface area (Å²) >= 11 is 0. The van der Waals surface area contributed by atoms with E-state index in [9.17, 15) is 9.90 Å². The number of carbonyl (C=O) groups is 1. The van der Waals surface area contributed by atoms with Crippen LogP contribution in [0.2, 0.25) is 0 Å². The van der Waals surface area contributed by atoms with E-state index in [0.29, 0.717) is 12.3 Å². The molecule has 0 heterocycles. The Kier molecular flexibility index (Phi) is 3.54. The van der Waals surface area contributed by atoms with Gasteiger partial charge in [-0.1, -0.05) is 54.6 Å². The summed E-state index contributed by atoms with van der Waals surface area (Å²) in [5.41, 5.74) is 3.40. The molecule has 3 N–H and O–H groups in total. The monoisotopic (exact) mass is 308 g/mol. The van der Waals surface area contributed by atoms with E-state index in [1.54, 1.807) is 0 Å². The van der Waals surface area contributed by atoms with Crippen LogP contribution in [0, 0.1) is 0 Å². The molecule has 2 unspecified atom stereocenters. The Morgan fingerprint density at radius 3 is 2.57 bits per heavy atom. The molecule has 2 aromatic carbocycles. The Balaban J connectivity index is 1.37. The third-order valence-electron chi connectivity index (χ3n) is 4.83. The van der Waals surface area contributed by atoms with E-state index < -0.39 is 6.10 Å². The normalized spacial score (nSPS) is 28.0. The molecule has 0 aromatic heterocycles. The summed E-state index contributed by atoms with van der Waals surface area (Å²) < 4.78 is 0. The highest BCUT2D eigenvalue weighted by atomic mass is 16.3. The summed E-state index contributed by atoms with van der Waals surface area (Å²) in [7, 11) is 0. The van der Waals surface area contributed by atoms with Crippen LogP contribution in [0.5, 0.6) is 0 Å². The van der Waals surface area contributed by atoms with Crippen molar-refractivity contribution < 1.29 is 9.90 Å². The SMILES string of the molecule is O=C(NC1CC1c1ccccc1)N[C@@H]1c2ccccc2C[C@@H]1O. The van der Waals surface area contributed by atoms with Crippen LogP contribution in [0.1, 0.15) is 35.1 Å². The highest BCUT2D eigenvalue weighted by Crippen LogP contribution is 2.40. The second-order valence-electron chi connectivity index (χ2n) is 6.43. The lowest BCUT2D eigenvalue weighted by molar-refractivity contribution is 0.142. The van der Waals surface area contributed by atoms with Crippen LogP contribution < -0.4 is 10.6 Å². The van der Waals surface area contributed by atoms with Gasteiger partial charge in [-0.05, 0) is 23.1 Å². The summed E-state index contributed by atoms with van der Waals surface area (Å²) in [6.45, 7) is 0. The first-order valence-corrected chi connectivity index (χ1v) is 8.10. The van der Waals surface area contributed by atoms with Crippen LogP contribution in [0.25, 0.3) is 0 Å². The lowest BCUT2D eigenvalue weighted by atomic mass is 10.1. The van der Waals surface area contributed by atoms with Gasteiger partial charge in [0.05, 0.1) is 12.1 Å². The minimum Gasteiger partial charge on any atom is -0.390 e. The van der Waals surface area contributed by atoms with Crippen LogP contribution in [0.15, 0.2) is 54.6 Å². The molecule has 4 heteroatoms. The first-order chi connectivity index (χ1) is 11.2. The molecule has 4 nitrogen and oxygen atoms in total. The lowest BCUT2D eigenvalue weighted by Gasteiger charge is -2.18. The molecule has 2 aliphatic carbocycles. The Hall–Kier alpha value is -2.33. The van der Waals surface area contributed by atoms with Crippen molar-refractivity contribution in [3.8, 4) is 0 Å². The van der Waals surface area contributed by atoms with E-state index >= 15 is 0 Å². The molecule has 4 rings (SSSR count).